The van der Waals surface area contributed by atoms with E-state index in [1.54, 1.807) is 0 Å². The largest absolute Gasteiger partial charge is 0.355 e. The molecule has 0 saturated carbocycles. The van der Waals surface area contributed by atoms with Crippen LogP contribution in [0.3, 0.4) is 0 Å². The second-order valence-corrected chi connectivity index (χ2v) is 7.55. The summed E-state index contributed by atoms with van der Waals surface area (Å²) in [5, 5.41) is 11.6. The van der Waals surface area contributed by atoms with E-state index in [2.05, 4.69) is 63.3 Å². The van der Waals surface area contributed by atoms with Gasteiger partial charge in [-0.25, -0.2) is 0 Å². The lowest BCUT2D eigenvalue weighted by atomic mass is 10.1. The molecular formula is C22H34N6. The van der Waals surface area contributed by atoms with E-state index in [1.807, 2.05) is 13.1 Å². The van der Waals surface area contributed by atoms with Gasteiger partial charge in [0.2, 0.25) is 0 Å². The number of likely N-dealkylation sites (tertiary alicyclic amines) is 1. The van der Waals surface area contributed by atoms with E-state index >= 15 is 0 Å². The van der Waals surface area contributed by atoms with Gasteiger partial charge < -0.3 is 15.5 Å². The molecule has 2 aromatic rings. The normalized spacial score (nSPS) is 15.6. The zero-order valence-electron chi connectivity index (χ0n) is 17.5. The van der Waals surface area contributed by atoms with Gasteiger partial charge in [-0.1, -0.05) is 36.8 Å². The van der Waals surface area contributed by atoms with Crippen LogP contribution >= 0.6 is 0 Å². The van der Waals surface area contributed by atoms with Crippen molar-refractivity contribution in [3.05, 3.63) is 52.8 Å². The fourth-order valence-electron chi connectivity index (χ4n) is 3.81. The Kier molecular flexibility index (Phi) is 7.48. The first-order valence-corrected chi connectivity index (χ1v) is 10.4. The lowest BCUT2D eigenvalue weighted by Crippen LogP contribution is -2.42. The van der Waals surface area contributed by atoms with Crippen LogP contribution in [0.25, 0.3) is 0 Å². The van der Waals surface area contributed by atoms with Crippen LogP contribution in [0.5, 0.6) is 0 Å². The minimum Gasteiger partial charge on any atom is -0.355 e. The van der Waals surface area contributed by atoms with E-state index in [0.717, 1.165) is 37.8 Å². The summed E-state index contributed by atoms with van der Waals surface area (Å²) < 4.78 is 2.09. The Bertz CT molecular complexity index is 759. The van der Waals surface area contributed by atoms with Gasteiger partial charge in [0.25, 0.3) is 0 Å². The van der Waals surface area contributed by atoms with Gasteiger partial charge in [-0.05, 0) is 45.3 Å². The van der Waals surface area contributed by atoms with Gasteiger partial charge in [0, 0.05) is 37.9 Å². The van der Waals surface area contributed by atoms with E-state index < -0.39 is 0 Å². The first-order chi connectivity index (χ1) is 13.7. The molecule has 1 aromatic heterocycles. The van der Waals surface area contributed by atoms with Crippen LogP contribution in [0, 0.1) is 13.8 Å². The first kappa shape index (κ1) is 20.4. The third kappa shape index (κ3) is 5.58. The number of hydrogen-bond acceptors (Lipinski definition) is 3. The highest BCUT2D eigenvalue weighted by Crippen LogP contribution is 2.14. The number of piperidine rings is 1. The molecule has 0 radical (unpaired) electrons. The Morgan fingerprint density at radius 3 is 2.54 bits per heavy atom. The van der Waals surface area contributed by atoms with Crippen molar-refractivity contribution in [1.82, 2.24) is 25.3 Å². The standard InChI is InChI=1S/C22H34N6/c1-18-21(19(2)28(26-18)17-20-10-6-4-7-11-20)16-25-22(23-3)24-12-15-27-13-8-5-9-14-27/h4,6-7,10-11H,5,8-9,12-17H2,1-3H3,(H2,23,24,25). The maximum atomic E-state index is 4.74. The molecule has 1 aromatic carbocycles. The molecule has 152 valence electrons. The summed E-state index contributed by atoms with van der Waals surface area (Å²) >= 11 is 0. The molecule has 0 atom stereocenters. The Morgan fingerprint density at radius 1 is 1.07 bits per heavy atom. The zero-order valence-corrected chi connectivity index (χ0v) is 17.5. The molecule has 2 heterocycles. The third-order valence-corrected chi connectivity index (χ3v) is 5.53. The third-order valence-electron chi connectivity index (χ3n) is 5.53. The van der Waals surface area contributed by atoms with E-state index in [1.165, 1.54) is 49.2 Å². The Hall–Kier alpha value is -2.34. The number of guanidine groups is 1. The van der Waals surface area contributed by atoms with E-state index in [-0.39, 0.29) is 0 Å². The van der Waals surface area contributed by atoms with Crippen molar-refractivity contribution < 1.29 is 0 Å². The highest BCUT2D eigenvalue weighted by molar-refractivity contribution is 5.79. The molecule has 1 saturated heterocycles. The van der Waals surface area contributed by atoms with Crippen LogP contribution in [0.2, 0.25) is 0 Å². The molecule has 0 unspecified atom stereocenters. The van der Waals surface area contributed by atoms with Crippen LogP contribution in [0.1, 0.15) is 41.8 Å². The number of rotatable bonds is 7. The van der Waals surface area contributed by atoms with Crippen LogP contribution < -0.4 is 10.6 Å². The van der Waals surface area contributed by atoms with Gasteiger partial charge in [-0.15, -0.1) is 0 Å². The minimum atomic E-state index is 0.732. The van der Waals surface area contributed by atoms with Gasteiger partial charge in [0.1, 0.15) is 0 Å². The lowest BCUT2D eigenvalue weighted by molar-refractivity contribution is 0.232. The summed E-state index contributed by atoms with van der Waals surface area (Å²) in [4.78, 5) is 6.90. The van der Waals surface area contributed by atoms with Crippen LogP contribution in [-0.4, -0.2) is 53.9 Å². The molecule has 28 heavy (non-hydrogen) atoms. The van der Waals surface area contributed by atoms with Gasteiger partial charge in [0.05, 0.1) is 12.2 Å². The second-order valence-electron chi connectivity index (χ2n) is 7.55. The number of aromatic nitrogens is 2. The maximum Gasteiger partial charge on any atom is 0.191 e. The van der Waals surface area contributed by atoms with Crippen LogP contribution in [0.4, 0.5) is 0 Å². The Balaban J connectivity index is 1.51. The van der Waals surface area contributed by atoms with Crippen molar-refractivity contribution in [3.8, 4) is 0 Å². The summed E-state index contributed by atoms with van der Waals surface area (Å²) in [5.41, 5.74) is 4.79. The smallest absolute Gasteiger partial charge is 0.191 e. The highest BCUT2D eigenvalue weighted by atomic mass is 15.3. The van der Waals surface area contributed by atoms with Crippen LogP contribution in [0.15, 0.2) is 35.3 Å². The first-order valence-electron chi connectivity index (χ1n) is 10.4. The Morgan fingerprint density at radius 2 is 1.82 bits per heavy atom. The van der Waals surface area contributed by atoms with Crippen molar-refractivity contribution in [3.63, 3.8) is 0 Å². The molecule has 1 aliphatic heterocycles. The summed E-state index contributed by atoms with van der Waals surface area (Å²) in [6, 6.07) is 10.5. The van der Waals surface area contributed by atoms with Crippen molar-refractivity contribution in [2.45, 2.75) is 46.2 Å². The Labute approximate surface area is 169 Å². The number of benzene rings is 1. The molecule has 1 fully saturated rings. The number of aryl methyl sites for hydroxylation is 1. The molecule has 1 aliphatic rings. The number of aliphatic imine (C=N–C) groups is 1. The predicted octanol–water partition coefficient (Wildman–Crippen LogP) is 2.70. The van der Waals surface area contributed by atoms with Gasteiger partial charge in [-0.2, -0.15) is 5.10 Å². The summed E-state index contributed by atoms with van der Waals surface area (Å²) in [7, 11) is 1.83. The molecule has 2 N–H and O–H groups in total. The number of nitrogens with zero attached hydrogens (tertiary/aromatic N) is 4. The molecule has 0 spiro atoms. The molecule has 6 heteroatoms. The van der Waals surface area contributed by atoms with Crippen molar-refractivity contribution in [2.24, 2.45) is 4.99 Å². The van der Waals surface area contributed by atoms with E-state index in [0.29, 0.717) is 0 Å². The van der Waals surface area contributed by atoms with Crippen molar-refractivity contribution in [2.75, 3.05) is 33.2 Å². The highest BCUT2D eigenvalue weighted by Gasteiger charge is 2.13. The van der Waals surface area contributed by atoms with Crippen molar-refractivity contribution in [1.29, 1.82) is 0 Å². The van der Waals surface area contributed by atoms with Gasteiger partial charge in [-0.3, -0.25) is 9.67 Å². The SMILES string of the molecule is CN=C(NCCN1CCCCC1)NCc1c(C)nn(Cc2ccccc2)c1C. The van der Waals surface area contributed by atoms with Crippen LogP contribution in [-0.2, 0) is 13.1 Å². The number of hydrogen-bond donors (Lipinski definition) is 2. The average molecular weight is 383 g/mol. The fourth-order valence-corrected chi connectivity index (χ4v) is 3.81. The monoisotopic (exact) mass is 382 g/mol. The quantitative estimate of drug-likeness (QED) is 0.571. The van der Waals surface area contributed by atoms with Crippen molar-refractivity contribution >= 4 is 5.96 Å². The molecular weight excluding hydrogens is 348 g/mol. The molecule has 0 bridgehead atoms. The number of nitrogens with one attached hydrogen (secondary N) is 2. The van der Waals surface area contributed by atoms with Gasteiger partial charge >= 0.3 is 0 Å². The van der Waals surface area contributed by atoms with E-state index in [4.69, 9.17) is 5.10 Å². The van der Waals surface area contributed by atoms with Gasteiger partial charge in [0.15, 0.2) is 5.96 Å². The summed E-state index contributed by atoms with van der Waals surface area (Å²) in [6.45, 7) is 10.2. The molecule has 3 rings (SSSR count). The average Bonchev–Trinajstić information content (AvgIpc) is 2.99. The lowest BCUT2D eigenvalue weighted by Gasteiger charge is -2.26. The molecule has 6 nitrogen and oxygen atoms in total. The maximum absolute atomic E-state index is 4.74. The topological polar surface area (TPSA) is 57.5 Å². The fraction of sp³-hybridized carbons (Fsp3) is 0.545. The predicted molar refractivity (Wildman–Crippen MR) is 116 cm³/mol. The second kappa shape index (κ2) is 10.3. The summed E-state index contributed by atoms with van der Waals surface area (Å²) in [5.74, 6) is 0.853. The zero-order chi connectivity index (χ0) is 19.8. The summed E-state index contributed by atoms with van der Waals surface area (Å²) in [6.07, 6.45) is 4.04. The minimum absolute atomic E-state index is 0.732. The molecule has 0 amide bonds. The molecule has 0 aliphatic carbocycles. The van der Waals surface area contributed by atoms with E-state index in [9.17, 15) is 0 Å².